The highest BCUT2D eigenvalue weighted by Crippen LogP contribution is 2.24. The van der Waals surface area contributed by atoms with Crippen molar-refractivity contribution in [2.45, 2.75) is 11.6 Å². The fourth-order valence-electron chi connectivity index (χ4n) is 1.60. The van der Waals surface area contributed by atoms with Gasteiger partial charge in [-0.2, -0.15) is 13.2 Å². The Balaban J connectivity index is 3.01. The minimum Gasteiger partial charge on any atom is -0.467 e. The number of nitrogens with zero attached hydrogens (tertiary/aromatic N) is 1. The number of esters is 1. The number of halogens is 3. The van der Waals surface area contributed by atoms with E-state index in [9.17, 15) is 41.3 Å². The molecular formula is C12H11F3N2O7S. The standard InChI is InChI=1S/C12H11F3N2O7S/c1-24-11(19)9(6-25(22,23)12(13,14)15)16-10(18)7-2-4-8(5-3-7)17(20)21/h2-5,9H,6H2,1H3,(H,16,18)/t9-/m0/s1. The number of hydrogen-bond donors (Lipinski definition) is 1. The fourth-order valence-corrected chi connectivity index (χ4v) is 2.45. The first-order chi connectivity index (χ1) is 11.4. The average molecular weight is 384 g/mol. The summed E-state index contributed by atoms with van der Waals surface area (Å²) in [6.07, 6.45) is 0. The van der Waals surface area contributed by atoms with E-state index in [0.717, 1.165) is 31.4 Å². The first-order valence-corrected chi connectivity index (χ1v) is 7.96. The summed E-state index contributed by atoms with van der Waals surface area (Å²) in [5.74, 6) is -4.26. The van der Waals surface area contributed by atoms with E-state index in [1.54, 1.807) is 5.32 Å². The van der Waals surface area contributed by atoms with Crippen LogP contribution in [0.25, 0.3) is 0 Å². The Kier molecular flexibility index (Phi) is 6.07. The third kappa shape index (κ3) is 5.14. The van der Waals surface area contributed by atoms with Crippen LogP contribution in [0.5, 0.6) is 0 Å². The van der Waals surface area contributed by atoms with Gasteiger partial charge in [-0.15, -0.1) is 0 Å². The van der Waals surface area contributed by atoms with Crippen LogP contribution in [0.3, 0.4) is 0 Å². The molecular weight excluding hydrogens is 373 g/mol. The zero-order valence-corrected chi connectivity index (χ0v) is 13.3. The molecule has 1 N–H and O–H groups in total. The Hall–Kier alpha value is -2.70. The monoisotopic (exact) mass is 384 g/mol. The molecule has 0 fully saturated rings. The molecule has 0 spiro atoms. The molecule has 13 heteroatoms. The first kappa shape index (κ1) is 20.3. The Morgan fingerprint density at radius 3 is 2.20 bits per heavy atom. The number of methoxy groups -OCH3 is 1. The van der Waals surface area contributed by atoms with Gasteiger partial charge in [-0.05, 0) is 12.1 Å². The van der Waals surface area contributed by atoms with Crippen LogP contribution >= 0.6 is 0 Å². The highest BCUT2D eigenvalue weighted by Gasteiger charge is 2.48. The van der Waals surface area contributed by atoms with Gasteiger partial charge in [0.15, 0.2) is 0 Å². The second-order valence-electron chi connectivity index (χ2n) is 4.58. The van der Waals surface area contributed by atoms with E-state index in [1.807, 2.05) is 0 Å². The molecule has 0 bridgehead atoms. The van der Waals surface area contributed by atoms with E-state index < -0.39 is 43.9 Å². The highest BCUT2D eigenvalue weighted by atomic mass is 32.2. The van der Waals surface area contributed by atoms with E-state index in [1.165, 1.54) is 0 Å². The van der Waals surface area contributed by atoms with Crippen molar-refractivity contribution in [1.82, 2.24) is 5.32 Å². The Morgan fingerprint density at radius 1 is 1.28 bits per heavy atom. The second kappa shape index (κ2) is 7.46. The van der Waals surface area contributed by atoms with Gasteiger partial charge in [0.2, 0.25) is 9.84 Å². The molecule has 0 aliphatic heterocycles. The zero-order valence-electron chi connectivity index (χ0n) is 12.4. The Bertz CT molecular complexity index is 775. The quantitative estimate of drug-likeness (QED) is 0.436. The second-order valence-corrected chi connectivity index (χ2v) is 6.61. The summed E-state index contributed by atoms with van der Waals surface area (Å²) in [7, 11) is -4.90. The first-order valence-electron chi connectivity index (χ1n) is 6.31. The van der Waals surface area contributed by atoms with Crippen molar-refractivity contribution in [2.75, 3.05) is 12.9 Å². The molecule has 0 aromatic heterocycles. The van der Waals surface area contributed by atoms with Crippen molar-refractivity contribution >= 4 is 27.4 Å². The molecule has 0 saturated heterocycles. The van der Waals surface area contributed by atoms with Crippen LogP contribution in [0.1, 0.15) is 10.4 Å². The van der Waals surface area contributed by atoms with Crippen molar-refractivity contribution in [3.05, 3.63) is 39.9 Å². The van der Waals surface area contributed by atoms with E-state index in [2.05, 4.69) is 4.74 Å². The lowest BCUT2D eigenvalue weighted by Crippen LogP contribution is -2.48. The van der Waals surface area contributed by atoms with Crippen LogP contribution in [-0.2, 0) is 19.4 Å². The predicted octanol–water partition coefficient (Wildman–Crippen LogP) is 0.801. The SMILES string of the molecule is COC(=O)[C@H](CS(=O)(=O)C(F)(F)F)NC(=O)c1ccc([N+](=O)[O-])cc1. The topological polar surface area (TPSA) is 133 Å². The summed E-state index contributed by atoms with van der Waals surface area (Å²) in [6.45, 7) is 0. The largest absolute Gasteiger partial charge is 0.497 e. The molecule has 138 valence electrons. The molecule has 0 radical (unpaired) electrons. The average Bonchev–Trinajstić information content (AvgIpc) is 2.52. The van der Waals surface area contributed by atoms with Crippen molar-refractivity contribution in [2.24, 2.45) is 0 Å². The molecule has 0 saturated carbocycles. The predicted molar refractivity (Wildman–Crippen MR) is 76.2 cm³/mol. The van der Waals surface area contributed by atoms with Gasteiger partial charge >= 0.3 is 11.5 Å². The summed E-state index contributed by atoms with van der Waals surface area (Å²) in [4.78, 5) is 33.2. The molecule has 25 heavy (non-hydrogen) atoms. The number of nitrogens with one attached hydrogen (secondary N) is 1. The third-order valence-corrected chi connectivity index (χ3v) is 4.35. The molecule has 9 nitrogen and oxygen atoms in total. The van der Waals surface area contributed by atoms with Gasteiger partial charge in [-0.25, -0.2) is 13.2 Å². The summed E-state index contributed by atoms with van der Waals surface area (Å²) in [6, 6.07) is 1.77. The minimum absolute atomic E-state index is 0.232. The minimum atomic E-state index is -5.70. The van der Waals surface area contributed by atoms with Crippen molar-refractivity contribution in [1.29, 1.82) is 0 Å². The van der Waals surface area contributed by atoms with Gasteiger partial charge in [-0.1, -0.05) is 0 Å². The number of sulfone groups is 1. The number of carbonyl (C=O) groups is 2. The molecule has 1 aromatic rings. The lowest BCUT2D eigenvalue weighted by atomic mass is 10.2. The van der Waals surface area contributed by atoms with Crippen LogP contribution in [0, 0.1) is 10.1 Å². The van der Waals surface area contributed by atoms with Crippen LogP contribution in [0.4, 0.5) is 18.9 Å². The molecule has 1 aromatic carbocycles. The molecule has 1 amide bonds. The number of amides is 1. The van der Waals surface area contributed by atoms with E-state index >= 15 is 0 Å². The summed E-state index contributed by atoms with van der Waals surface area (Å²) >= 11 is 0. The highest BCUT2D eigenvalue weighted by molar-refractivity contribution is 7.92. The summed E-state index contributed by atoms with van der Waals surface area (Å²) < 4.78 is 63.8. The van der Waals surface area contributed by atoms with E-state index in [-0.39, 0.29) is 11.3 Å². The molecule has 1 rings (SSSR count). The number of non-ortho nitro benzene ring substituents is 1. The number of benzene rings is 1. The molecule has 0 heterocycles. The van der Waals surface area contributed by atoms with E-state index in [0.29, 0.717) is 0 Å². The molecule has 0 aliphatic rings. The van der Waals surface area contributed by atoms with Crippen molar-refractivity contribution in [3.63, 3.8) is 0 Å². The van der Waals surface area contributed by atoms with Gasteiger partial charge in [-0.3, -0.25) is 14.9 Å². The van der Waals surface area contributed by atoms with Crippen molar-refractivity contribution in [3.8, 4) is 0 Å². The lowest BCUT2D eigenvalue weighted by molar-refractivity contribution is -0.384. The van der Waals surface area contributed by atoms with Gasteiger partial charge in [0.05, 0.1) is 17.8 Å². The normalized spacial score (nSPS) is 13.0. The van der Waals surface area contributed by atoms with Crippen LogP contribution in [0.15, 0.2) is 24.3 Å². The van der Waals surface area contributed by atoms with Gasteiger partial charge in [0.25, 0.3) is 11.6 Å². The lowest BCUT2D eigenvalue weighted by Gasteiger charge is -2.17. The van der Waals surface area contributed by atoms with Gasteiger partial charge < -0.3 is 10.1 Å². The van der Waals surface area contributed by atoms with E-state index in [4.69, 9.17) is 0 Å². The number of alkyl halides is 3. The number of nitro benzene ring substituents is 1. The van der Waals surface area contributed by atoms with Crippen LogP contribution in [0.2, 0.25) is 0 Å². The molecule has 0 aliphatic carbocycles. The van der Waals surface area contributed by atoms with Gasteiger partial charge in [0, 0.05) is 17.7 Å². The van der Waals surface area contributed by atoms with Crippen LogP contribution < -0.4 is 5.32 Å². The number of ether oxygens (including phenoxy) is 1. The Labute approximate surface area is 138 Å². The summed E-state index contributed by atoms with van der Waals surface area (Å²) in [5.41, 5.74) is -6.19. The number of rotatable bonds is 6. The molecule has 0 unspecified atom stereocenters. The maximum absolute atomic E-state index is 12.4. The molecule has 1 atom stereocenters. The number of nitro groups is 1. The van der Waals surface area contributed by atoms with Gasteiger partial charge in [0.1, 0.15) is 6.04 Å². The Morgan fingerprint density at radius 2 is 1.80 bits per heavy atom. The number of carbonyl (C=O) groups excluding carboxylic acids is 2. The fraction of sp³-hybridized carbons (Fsp3) is 0.333. The maximum atomic E-state index is 12.4. The van der Waals surface area contributed by atoms with Crippen molar-refractivity contribution < 1.29 is 40.8 Å². The zero-order chi connectivity index (χ0) is 19.4. The maximum Gasteiger partial charge on any atom is 0.497 e. The van der Waals surface area contributed by atoms with Crippen LogP contribution in [-0.4, -0.2) is 49.6 Å². The number of hydrogen-bond acceptors (Lipinski definition) is 7. The smallest absolute Gasteiger partial charge is 0.467 e. The third-order valence-electron chi connectivity index (χ3n) is 2.87. The summed E-state index contributed by atoms with van der Waals surface area (Å²) in [5, 5.41) is 12.3.